The highest BCUT2D eigenvalue weighted by atomic mass is 16.8. The molecule has 1 unspecified atom stereocenters. The largest absolute Gasteiger partial charge is 0.769 e. The summed E-state index contributed by atoms with van der Waals surface area (Å²) in [4.78, 5) is 10.7. The van der Waals surface area contributed by atoms with Gasteiger partial charge in [0, 0.05) is 5.69 Å². The van der Waals surface area contributed by atoms with Gasteiger partial charge in [0.1, 0.15) is 11.7 Å². The second kappa shape index (κ2) is 6.17. The standard InChI is InChI=1S/C9H11N3O7/c13-4-7(9(14)15)10-6-2-1-5(11(16)17)3-8(6)12(18)19/h1-3,7,10,13,18-19H,4H2,(H,14,15)/q-2. The molecule has 106 valence electrons. The van der Waals surface area contributed by atoms with Gasteiger partial charge in [0.25, 0.3) is 0 Å². The summed E-state index contributed by atoms with van der Waals surface area (Å²) in [5, 5.41) is 57.7. The second-order valence-electron chi connectivity index (χ2n) is 3.47. The number of carboxylic acids is 1. The first-order chi connectivity index (χ1) is 8.86. The molecule has 0 amide bonds. The summed E-state index contributed by atoms with van der Waals surface area (Å²) in [7, 11) is 0. The Hall–Kier alpha value is -2.11. The van der Waals surface area contributed by atoms with E-state index in [2.05, 4.69) is 5.32 Å². The van der Waals surface area contributed by atoms with Gasteiger partial charge in [0.15, 0.2) is 0 Å². The van der Waals surface area contributed by atoms with Crippen LogP contribution in [0.15, 0.2) is 18.2 Å². The van der Waals surface area contributed by atoms with Crippen LogP contribution in [-0.2, 0) is 4.79 Å². The van der Waals surface area contributed by atoms with Gasteiger partial charge in [0.05, 0.1) is 12.3 Å². The maximum Gasteiger partial charge on any atom is 0.328 e. The molecule has 0 radical (unpaired) electrons. The molecular weight excluding hydrogens is 262 g/mol. The van der Waals surface area contributed by atoms with Gasteiger partial charge >= 0.3 is 5.97 Å². The van der Waals surface area contributed by atoms with E-state index in [1.807, 2.05) is 0 Å². The highest BCUT2D eigenvalue weighted by Crippen LogP contribution is 2.29. The van der Waals surface area contributed by atoms with Crippen molar-refractivity contribution in [1.82, 2.24) is 0 Å². The number of nitrogens with zero attached hydrogens (tertiary/aromatic N) is 2. The number of carboxylic acid groups (broad SMARTS) is 1. The fraction of sp³-hybridized carbons (Fsp3) is 0.222. The number of anilines is 3. The Labute approximate surface area is 106 Å². The fourth-order valence-corrected chi connectivity index (χ4v) is 1.29. The van der Waals surface area contributed by atoms with Gasteiger partial charge < -0.3 is 31.2 Å². The van der Waals surface area contributed by atoms with Crippen molar-refractivity contribution >= 4 is 23.0 Å². The Morgan fingerprint density at radius 2 is 2.00 bits per heavy atom. The lowest BCUT2D eigenvalue weighted by molar-refractivity contribution is -0.138. The van der Waals surface area contributed by atoms with Crippen LogP contribution in [0.2, 0.25) is 0 Å². The van der Waals surface area contributed by atoms with Crippen LogP contribution in [0.5, 0.6) is 0 Å². The minimum atomic E-state index is -1.39. The van der Waals surface area contributed by atoms with Gasteiger partial charge in [-0.1, -0.05) is 0 Å². The minimum absolute atomic E-state index is 0.1000. The predicted molar refractivity (Wildman–Crippen MR) is 63.8 cm³/mol. The Morgan fingerprint density at radius 1 is 1.37 bits per heavy atom. The number of benzene rings is 1. The number of aliphatic carboxylic acids is 1. The molecule has 0 heterocycles. The van der Waals surface area contributed by atoms with Crippen LogP contribution in [0.25, 0.3) is 0 Å². The SMILES string of the molecule is O=C(O)C(CO)Nc1ccc(N([O-])[O-])cc1N(O)O. The van der Waals surface area contributed by atoms with E-state index in [1.165, 1.54) is 0 Å². The maximum atomic E-state index is 10.7. The number of hydrogen-bond acceptors (Lipinski definition) is 9. The molecule has 0 aromatic heterocycles. The monoisotopic (exact) mass is 273 g/mol. The molecule has 0 aliphatic carbocycles. The van der Waals surface area contributed by atoms with E-state index in [9.17, 15) is 15.2 Å². The van der Waals surface area contributed by atoms with E-state index in [0.29, 0.717) is 0 Å². The molecule has 5 N–H and O–H groups in total. The Balaban J connectivity index is 3.09. The van der Waals surface area contributed by atoms with Crippen molar-refractivity contribution < 1.29 is 25.4 Å². The van der Waals surface area contributed by atoms with Crippen LogP contribution >= 0.6 is 0 Å². The third-order valence-electron chi connectivity index (χ3n) is 2.22. The number of carbonyl (C=O) groups is 1. The van der Waals surface area contributed by atoms with Crippen molar-refractivity contribution in [2.24, 2.45) is 0 Å². The summed E-state index contributed by atoms with van der Waals surface area (Å²) in [6.45, 7) is -0.747. The van der Waals surface area contributed by atoms with Crippen molar-refractivity contribution in [2.75, 3.05) is 22.4 Å². The average Bonchev–Trinajstić information content (AvgIpc) is 2.35. The van der Waals surface area contributed by atoms with Crippen molar-refractivity contribution in [2.45, 2.75) is 6.04 Å². The van der Waals surface area contributed by atoms with Crippen LogP contribution in [0.4, 0.5) is 17.1 Å². The van der Waals surface area contributed by atoms with E-state index >= 15 is 0 Å². The van der Waals surface area contributed by atoms with Gasteiger partial charge in [-0.3, -0.25) is 10.4 Å². The van der Waals surface area contributed by atoms with Gasteiger partial charge in [0.2, 0.25) is 0 Å². The average molecular weight is 273 g/mol. The van der Waals surface area contributed by atoms with Crippen LogP contribution in [-0.4, -0.2) is 39.2 Å². The van der Waals surface area contributed by atoms with E-state index in [-0.39, 0.29) is 10.9 Å². The van der Waals surface area contributed by atoms with Crippen molar-refractivity contribution in [3.63, 3.8) is 0 Å². The van der Waals surface area contributed by atoms with Gasteiger partial charge in [-0.15, -0.1) is 5.23 Å². The van der Waals surface area contributed by atoms with E-state index in [0.717, 1.165) is 18.2 Å². The Morgan fingerprint density at radius 3 is 2.42 bits per heavy atom. The van der Waals surface area contributed by atoms with E-state index < -0.39 is 35.2 Å². The molecule has 1 aromatic rings. The zero-order chi connectivity index (χ0) is 14.6. The molecule has 0 fully saturated rings. The smallest absolute Gasteiger partial charge is 0.328 e. The Kier molecular flexibility index (Phi) is 4.86. The fourth-order valence-electron chi connectivity index (χ4n) is 1.29. The highest BCUT2D eigenvalue weighted by Gasteiger charge is 2.18. The molecular formula is C9H11N3O7-2. The molecule has 1 rings (SSSR count). The number of hydrogen-bond donors (Lipinski definition) is 5. The van der Waals surface area contributed by atoms with E-state index in [4.69, 9.17) is 20.6 Å². The summed E-state index contributed by atoms with van der Waals surface area (Å²) in [6.07, 6.45) is 0. The molecule has 0 bridgehead atoms. The van der Waals surface area contributed by atoms with Gasteiger partial charge in [-0.2, -0.15) is 0 Å². The first-order valence-electron chi connectivity index (χ1n) is 4.93. The summed E-state index contributed by atoms with van der Waals surface area (Å²) in [5.74, 6) is -1.37. The lowest BCUT2D eigenvalue weighted by atomic mass is 10.2. The highest BCUT2D eigenvalue weighted by molar-refractivity contribution is 5.81. The molecule has 0 saturated heterocycles. The third-order valence-corrected chi connectivity index (χ3v) is 2.22. The molecule has 19 heavy (non-hydrogen) atoms. The molecule has 1 aromatic carbocycles. The summed E-state index contributed by atoms with van der Waals surface area (Å²) >= 11 is 0. The van der Waals surface area contributed by atoms with Crippen LogP contribution in [0, 0.1) is 10.4 Å². The quantitative estimate of drug-likeness (QED) is 0.443. The predicted octanol–water partition coefficient (Wildman–Crippen LogP) is -0.0692. The first-order valence-corrected chi connectivity index (χ1v) is 4.93. The second-order valence-corrected chi connectivity index (χ2v) is 3.47. The molecule has 0 spiro atoms. The van der Waals surface area contributed by atoms with Crippen LogP contribution in [0.3, 0.4) is 0 Å². The molecule has 0 saturated carbocycles. The van der Waals surface area contributed by atoms with E-state index in [1.54, 1.807) is 0 Å². The number of rotatable bonds is 6. The third kappa shape index (κ3) is 3.67. The summed E-state index contributed by atoms with van der Waals surface area (Å²) in [6, 6.07) is 1.59. The Bertz CT molecular complexity index is 451. The van der Waals surface area contributed by atoms with Crippen molar-refractivity contribution in [1.29, 1.82) is 0 Å². The first kappa shape index (κ1) is 14.9. The van der Waals surface area contributed by atoms with Gasteiger partial charge in [-0.25, -0.2) is 4.79 Å². The molecule has 0 aliphatic rings. The lowest BCUT2D eigenvalue weighted by Crippen LogP contribution is -2.33. The summed E-state index contributed by atoms with van der Waals surface area (Å²) < 4.78 is 0. The number of nitrogens with one attached hydrogen (secondary N) is 1. The van der Waals surface area contributed by atoms with Crippen molar-refractivity contribution in [3.8, 4) is 0 Å². The molecule has 0 aliphatic heterocycles. The number of aliphatic hydroxyl groups is 1. The van der Waals surface area contributed by atoms with Crippen molar-refractivity contribution in [3.05, 3.63) is 28.6 Å². The zero-order valence-corrected chi connectivity index (χ0v) is 9.42. The summed E-state index contributed by atoms with van der Waals surface area (Å²) in [5.41, 5.74) is -0.935. The normalized spacial score (nSPS) is 11.8. The topological polar surface area (TPSA) is 163 Å². The maximum absolute atomic E-state index is 10.7. The minimum Gasteiger partial charge on any atom is -0.769 e. The zero-order valence-electron chi connectivity index (χ0n) is 9.42. The van der Waals surface area contributed by atoms with Gasteiger partial charge in [-0.05, 0) is 18.2 Å². The number of aliphatic hydroxyl groups excluding tert-OH is 1. The van der Waals surface area contributed by atoms with Crippen LogP contribution < -0.4 is 15.8 Å². The molecule has 10 heteroatoms. The molecule has 1 atom stereocenters. The molecule has 10 nitrogen and oxygen atoms in total. The lowest BCUT2D eigenvalue weighted by Gasteiger charge is -2.38. The van der Waals surface area contributed by atoms with Crippen LogP contribution in [0.1, 0.15) is 0 Å².